The van der Waals surface area contributed by atoms with E-state index in [0.29, 0.717) is 21.9 Å². The topological polar surface area (TPSA) is 79.9 Å². The van der Waals surface area contributed by atoms with Crippen LogP contribution in [-0.2, 0) is 4.79 Å². The van der Waals surface area contributed by atoms with E-state index < -0.39 is 6.10 Å². The molecule has 0 saturated heterocycles. The molecular formula is C13H15ClN4O2S. The third-order valence-corrected chi connectivity index (χ3v) is 3.46. The van der Waals surface area contributed by atoms with Crippen molar-refractivity contribution in [1.82, 2.24) is 15.2 Å². The number of carbonyl (C=O) groups excluding carboxylic acids is 1. The van der Waals surface area contributed by atoms with Gasteiger partial charge >= 0.3 is 0 Å². The van der Waals surface area contributed by atoms with Gasteiger partial charge in [-0.1, -0.05) is 30.3 Å². The maximum atomic E-state index is 12.0. The van der Waals surface area contributed by atoms with Crippen molar-refractivity contribution in [3.05, 3.63) is 29.3 Å². The molecular weight excluding hydrogens is 312 g/mol. The smallest absolute Gasteiger partial charge is 0.267 e. The molecule has 2 rings (SSSR count). The molecule has 1 aromatic heterocycles. The van der Waals surface area contributed by atoms with E-state index in [-0.39, 0.29) is 5.91 Å². The molecule has 1 unspecified atom stereocenters. The Hall–Kier alpha value is -1.73. The molecule has 112 valence electrons. The Morgan fingerprint density at radius 2 is 2.19 bits per heavy atom. The number of aromatic amines is 1. The van der Waals surface area contributed by atoms with Gasteiger partial charge in [-0.05, 0) is 36.9 Å². The molecule has 2 aromatic rings. The molecule has 0 bridgehead atoms. The number of carbonyl (C=O) groups is 1. The zero-order valence-electron chi connectivity index (χ0n) is 11.6. The Bertz CT molecular complexity index is 602. The van der Waals surface area contributed by atoms with E-state index in [1.54, 1.807) is 31.2 Å². The number of H-pyrrole nitrogens is 1. The fraction of sp³-hybridized carbons (Fsp3) is 0.308. The van der Waals surface area contributed by atoms with Crippen LogP contribution in [0.15, 0.2) is 29.4 Å². The van der Waals surface area contributed by atoms with Crippen LogP contribution in [0.4, 0.5) is 5.95 Å². The Morgan fingerprint density at radius 3 is 2.86 bits per heavy atom. The lowest BCUT2D eigenvalue weighted by atomic mass is 10.3. The van der Waals surface area contributed by atoms with E-state index in [9.17, 15) is 4.79 Å². The van der Waals surface area contributed by atoms with Crippen LogP contribution in [0.1, 0.15) is 13.8 Å². The first-order valence-corrected chi connectivity index (χ1v) is 7.73. The quantitative estimate of drug-likeness (QED) is 0.798. The average molecular weight is 327 g/mol. The number of nitrogens with zero attached hydrogens (tertiary/aromatic N) is 2. The van der Waals surface area contributed by atoms with Crippen LogP contribution in [0.5, 0.6) is 5.75 Å². The minimum Gasteiger partial charge on any atom is -0.481 e. The molecule has 1 aromatic carbocycles. The fourth-order valence-corrected chi connectivity index (χ4v) is 2.14. The van der Waals surface area contributed by atoms with Crippen molar-refractivity contribution in [3.8, 4) is 5.75 Å². The zero-order chi connectivity index (χ0) is 15.2. The largest absolute Gasteiger partial charge is 0.481 e. The summed E-state index contributed by atoms with van der Waals surface area (Å²) in [5, 5.41) is 10.5. The van der Waals surface area contributed by atoms with Crippen LogP contribution >= 0.6 is 23.4 Å². The van der Waals surface area contributed by atoms with Gasteiger partial charge in [0.2, 0.25) is 11.1 Å². The molecule has 8 heteroatoms. The van der Waals surface area contributed by atoms with Crippen LogP contribution in [0.25, 0.3) is 0 Å². The number of amides is 1. The van der Waals surface area contributed by atoms with E-state index in [4.69, 9.17) is 16.3 Å². The molecule has 1 atom stereocenters. The van der Waals surface area contributed by atoms with E-state index in [2.05, 4.69) is 20.5 Å². The number of rotatable bonds is 6. The second-order valence-corrected chi connectivity index (χ2v) is 5.77. The minimum atomic E-state index is -0.668. The summed E-state index contributed by atoms with van der Waals surface area (Å²) in [6, 6.07) is 6.81. The number of nitrogens with one attached hydrogen (secondary N) is 2. The van der Waals surface area contributed by atoms with Crippen LogP contribution in [0.3, 0.4) is 0 Å². The molecule has 0 radical (unpaired) electrons. The highest BCUT2D eigenvalue weighted by atomic mass is 35.5. The first-order valence-electron chi connectivity index (χ1n) is 6.36. The number of aromatic nitrogens is 3. The summed E-state index contributed by atoms with van der Waals surface area (Å²) in [6.45, 7) is 3.66. The molecule has 0 aliphatic carbocycles. The first-order chi connectivity index (χ1) is 10.1. The number of hydrogen-bond acceptors (Lipinski definition) is 5. The maximum absolute atomic E-state index is 12.0. The van der Waals surface area contributed by atoms with Gasteiger partial charge in [0.1, 0.15) is 5.75 Å². The van der Waals surface area contributed by atoms with Gasteiger partial charge in [0.25, 0.3) is 5.91 Å². The molecule has 0 fully saturated rings. The summed E-state index contributed by atoms with van der Waals surface area (Å²) in [5.41, 5.74) is 0. The second-order valence-electron chi connectivity index (χ2n) is 4.10. The van der Waals surface area contributed by atoms with Crippen molar-refractivity contribution in [2.75, 3.05) is 11.1 Å². The second kappa shape index (κ2) is 7.33. The average Bonchev–Trinajstić information content (AvgIpc) is 2.89. The lowest BCUT2D eigenvalue weighted by molar-refractivity contribution is -0.122. The van der Waals surface area contributed by atoms with E-state index in [1.165, 1.54) is 11.8 Å². The number of ether oxygens (including phenoxy) is 1. The highest BCUT2D eigenvalue weighted by Gasteiger charge is 2.16. The van der Waals surface area contributed by atoms with Crippen molar-refractivity contribution < 1.29 is 9.53 Å². The lowest BCUT2D eigenvalue weighted by Crippen LogP contribution is -2.30. The third kappa shape index (κ3) is 4.64. The molecule has 2 N–H and O–H groups in total. The van der Waals surface area contributed by atoms with Crippen LogP contribution in [-0.4, -0.2) is 32.9 Å². The van der Waals surface area contributed by atoms with Crippen molar-refractivity contribution in [2.45, 2.75) is 25.1 Å². The van der Waals surface area contributed by atoms with Crippen molar-refractivity contribution in [2.24, 2.45) is 0 Å². The zero-order valence-corrected chi connectivity index (χ0v) is 13.2. The normalized spacial score (nSPS) is 12.0. The standard InChI is InChI=1S/C13H15ClN4O2S/c1-3-21-13-16-12(17-18-13)15-11(19)8(2)20-10-6-4-9(14)5-7-10/h4-8H,3H2,1-2H3,(H2,15,16,17,18,19). The first kappa shape index (κ1) is 15.7. The SMILES string of the molecule is CCSc1n[nH]c(NC(=O)C(C)Oc2ccc(Cl)cc2)n1. The van der Waals surface area contributed by atoms with Gasteiger partial charge in [0, 0.05) is 5.02 Å². The molecule has 1 amide bonds. The van der Waals surface area contributed by atoms with Gasteiger partial charge in [0.05, 0.1) is 0 Å². The van der Waals surface area contributed by atoms with Crippen LogP contribution < -0.4 is 10.1 Å². The Morgan fingerprint density at radius 1 is 1.48 bits per heavy atom. The Balaban J connectivity index is 1.90. The molecule has 0 aliphatic rings. The minimum absolute atomic E-state index is 0.308. The Kier molecular flexibility index (Phi) is 5.46. The van der Waals surface area contributed by atoms with Gasteiger partial charge in [-0.25, -0.2) is 5.10 Å². The Labute approximate surface area is 131 Å². The van der Waals surface area contributed by atoms with Crippen molar-refractivity contribution >= 4 is 35.2 Å². The number of hydrogen-bond donors (Lipinski definition) is 2. The van der Waals surface area contributed by atoms with Gasteiger partial charge < -0.3 is 4.74 Å². The molecule has 1 heterocycles. The van der Waals surface area contributed by atoms with Gasteiger partial charge in [-0.2, -0.15) is 4.98 Å². The molecule has 0 spiro atoms. The molecule has 0 saturated carbocycles. The fourth-order valence-electron chi connectivity index (χ4n) is 1.49. The molecule has 0 aliphatic heterocycles. The summed E-state index contributed by atoms with van der Waals surface area (Å²) in [5.74, 6) is 1.43. The van der Waals surface area contributed by atoms with Crippen molar-refractivity contribution in [1.29, 1.82) is 0 Å². The summed E-state index contributed by atoms with van der Waals surface area (Å²) in [7, 11) is 0. The number of benzene rings is 1. The summed E-state index contributed by atoms with van der Waals surface area (Å²) >= 11 is 7.28. The highest BCUT2D eigenvalue weighted by Crippen LogP contribution is 2.17. The summed E-state index contributed by atoms with van der Waals surface area (Å²) in [4.78, 5) is 16.1. The highest BCUT2D eigenvalue weighted by molar-refractivity contribution is 7.99. The van der Waals surface area contributed by atoms with E-state index in [1.807, 2.05) is 6.92 Å². The molecule has 6 nitrogen and oxygen atoms in total. The van der Waals surface area contributed by atoms with E-state index >= 15 is 0 Å². The third-order valence-electron chi connectivity index (χ3n) is 2.48. The summed E-state index contributed by atoms with van der Waals surface area (Å²) in [6.07, 6.45) is -0.668. The molecule has 21 heavy (non-hydrogen) atoms. The lowest BCUT2D eigenvalue weighted by Gasteiger charge is -2.13. The maximum Gasteiger partial charge on any atom is 0.267 e. The van der Waals surface area contributed by atoms with E-state index in [0.717, 1.165) is 5.75 Å². The van der Waals surface area contributed by atoms with Crippen molar-refractivity contribution in [3.63, 3.8) is 0 Å². The monoisotopic (exact) mass is 326 g/mol. The summed E-state index contributed by atoms with van der Waals surface area (Å²) < 4.78 is 5.52. The van der Waals surface area contributed by atoms with Gasteiger partial charge in [-0.15, -0.1) is 5.10 Å². The van der Waals surface area contributed by atoms with Crippen LogP contribution in [0, 0.1) is 0 Å². The van der Waals surface area contributed by atoms with Gasteiger partial charge in [-0.3, -0.25) is 10.1 Å². The van der Waals surface area contributed by atoms with Gasteiger partial charge in [0.15, 0.2) is 6.10 Å². The number of halogens is 1. The number of anilines is 1. The predicted octanol–water partition coefficient (Wildman–Crippen LogP) is 2.98. The predicted molar refractivity (Wildman–Crippen MR) is 83.0 cm³/mol. The number of thioether (sulfide) groups is 1. The van der Waals surface area contributed by atoms with Crippen LogP contribution in [0.2, 0.25) is 5.02 Å².